The van der Waals surface area contributed by atoms with E-state index in [0.717, 1.165) is 6.20 Å². The summed E-state index contributed by atoms with van der Waals surface area (Å²) in [6, 6.07) is 0. The SMILES string of the molecule is [O]S(=O)(=O)c1ncc2nccnc2n1. The molecule has 0 saturated heterocycles. The Morgan fingerprint density at radius 2 is 1.79 bits per heavy atom. The van der Waals surface area contributed by atoms with Gasteiger partial charge in [0, 0.05) is 12.4 Å². The number of fused-ring (bicyclic) bond motifs is 1. The Morgan fingerprint density at radius 1 is 1.07 bits per heavy atom. The van der Waals surface area contributed by atoms with Crippen molar-refractivity contribution in [1.82, 2.24) is 19.9 Å². The second kappa shape index (κ2) is 2.93. The molecule has 1 radical (unpaired) electrons. The second-order valence-electron chi connectivity index (χ2n) is 2.37. The molecule has 0 aromatic carbocycles. The van der Waals surface area contributed by atoms with Gasteiger partial charge >= 0.3 is 10.1 Å². The van der Waals surface area contributed by atoms with Gasteiger partial charge in [-0.15, -0.1) is 0 Å². The molecule has 0 fully saturated rings. The highest BCUT2D eigenvalue weighted by molar-refractivity contribution is 7.85. The van der Waals surface area contributed by atoms with E-state index in [9.17, 15) is 13.0 Å². The predicted octanol–water partition coefficient (Wildman–Crippen LogP) is -0.461. The van der Waals surface area contributed by atoms with Crippen molar-refractivity contribution in [3.05, 3.63) is 18.6 Å². The van der Waals surface area contributed by atoms with Gasteiger partial charge in [-0.05, 0) is 0 Å². The van der Waals surface area contributed by atoms with Crippen molar-refractivity contribution in [3.63, 3.8) is 0 Å². The Labute approximate surface area is 78.6 Å². The Morgan fingerprint density at radius 3 is 2.50 bits per heavy atom. The molecule has 0 aliphatic heterocycles. The first-order valence-electron chi connectivity index (χ1n) is 3.47. The van der Waals surface area contributed by atoms with E-state index in [-0.39, 0.29) is 5.65 Å². The van der Waals surface area contributed by atoms with E-state index in [1.165, 1.54) is 12.4 Å². The maximum absolute atomic E-state index is 10.5. The Hall–Kier alpha value is -1.67. The highest BCUT2D eigenvalue weighted by Crippen LogP contribution is 2.06. The maximum atomic E-state index is 10.5. The molecule has 0 aliphatic rings. The molecule has 0 bridgehead atoms. The van der Waals surface area contributed by atoms with Gasteiger partial charge in [0.05, 0.1) is 6.20 Å². The quantitative estimate of drug-likeness (QED) is 0.591. The van der Waals surface area contributed by atoms with E-state index in [1.54, 1.807) is 0 Å². The van der Waals surface area contributed by atoms with E-state index in [1.807, 2.05) is 0 Å². The Kier molecular flexibility index (Phi) is 1.86. The lowest BCUT2D eigenvalue weighted by Gasteiger charge is -1.95. The van der Waals surface area contributed by atoms with Crippen LogP contribution in [0.5, 0.6) is 0 Å². The molecule has 8 heteroatoms. The van der Waals surface area contributed by atoms with Gasteiger partial charge in [0.2, 0.25) is 0 Å². The molecule has 2 heterocycles. The monoisotopic (exact) mass is 211 g/mol. The minimum absolute atomic E-state index is 0.0805. The number of nitrogens with zero attached hydrogens (tertiary/aromatic N) is 4. The summed E-state index contributed by atoms with van der Waals surface area (Å²) in [4.78, 5) is 14.4. The van der Waals surface area contributed by atoms with Gasteiger partial charge in [0.1, 0.15) is 5.52 Å². The fraction of sp³-hybridized carbons (Fsp3) is 0. The van der Waals surface area contributed by atoms with E-state index in [2.05, 4.69) is 19.9 Å². The van der Waals surface area contributed by atoms with Crippen molar-refractivity contribution in [1.29, 1.82) is 0 Å². The molecule has 0 aliphatic carbocycles. The molecule has 0 N–H and O–H groups in total. The van der Waals surface area contributed by atoms with Crippen LogP contribution in [0.25, 0.3) is 11.2 Å². The maximum Gasteiger partial charge on any atom is 0.360 e. The van der Waals surface area contributed by atoms with Crippen molar-refractivity contribution in [2.45, 2.75) is 5.16 Å². The van der Waals surface area contributed by atoms with E-state index in [0.29, 0.717) is 5.52 Å². The summed E-state index contributed by atoms with van der Waals surface area (Å²) in [7, 11) is -4.63. The topological polar surface area (TPSA) is 106 Å². The molecule has 2 rings (SSSR count). The molecule has 0 unspecified atom stereocenters. The van der Waals surface area contributed by atoms with E-state index >= 15 is 0 Å². The normalized spacial score (nSPS) is 11.8. The van der Waals surface area contributed by atoms with Crippen LogP contribution >= 0.6 is 0 Å². The number of hydrogen-bond acceptors (Lipinski definition) is 6. The summed E-state index contributed by atoms with van der Waals surface area (Å²) in [5.41, 5.74) is 0.414. The fourth-order valence-electron chi connectivity index (χ4n) is 0.875. The standard InChI is InChI=1S/C6H3N4O3S/c11-14(12,13)6-9-3-4-5(10-6)8-2-1-7-4/h1-3H. The lowest BCUT2D eigenvalue weighted by molar-refractivity contribution is 0.407. The van der Waals surface area contributed by atoms with Gasteiger partial charge in [0.15, 0.2) is 5.65 Å². The molecule has 0 spiro atoms. The number of aromatic nitrogens is 4. The van der Waals surface area contributed by atoms with Gasteiger partial charge in [-0.1, -0.05) is 4.55 Å². The van der Waals surface area contributed by atoms with Gasteiger partial charge in [-0.25, -0.2) is 15.0 Å². The molecule has 0 amide bonds. The summed E-state index contributed by atoms with van der Waals surface area (Å²) < 4.78 is 31.6. The third-order valence-electron chi connectivity index (χ3n) is 1.43. The molecule has 2 aromatic heterocycles. The largest absolute Gasteiger partial charge is 0.360 e. The lowest BCUT2D eigenvalue weighted by atomic mass is 10.5. The highest BCUT2D eigenvalue weighted by Gasteiger charge is 2.16. The van der Waals surface area contributed by atoms with Crippen LogP contribution in [0.3, 0.4) is 0 Å². The van der Waals surface area contributed by atoms with Crippen molar-refractivity contribution < 1.29 is 13.0 Å². The Balaban J connectivity index is 2.75. The third-order valence-corrected chi connectivity index (χ3v) is 2.07. The smallest absolute Gasteiger partial charge is 0.250 e. The van der Waals surface area contributed by atoms with Gasteiger partial charge < -0.3 is 0 Å². The number of rotatable bonds is 1. The van der Waals surface area contributed by atoms with Crippen molar-refractivity contribution in [2.75, 3.05) is 0 Å². The fourth-order valence-corrected chi connectivity index (χ4v) is 1.26. The average molecular weight is 211 g/mol. The third kappa shape index (κ3) is 1.52. The summed E-state index contributed by atoms with van der Waals surface area (Å²) in [6.45, 7) is 0. The molecular formula is C6H3N4O3S. The van der Waals surface area contributed by atoms with Crippen LogP contribution in [-0.4, -0.2) is 28.4 Å². The van der Waals surface area contributed by atoms with Crippen LogP contribution in [-0.2, 0) is 14.7 Å². The van der Waals surface area contributed by atoms with Crippen LogP contribution < -0.4 is 0 Å². The minimum Gasteiger partial charge on any atom is -0.250 e. The van der Waals surface area contributed by atoms with E-state index < -0.39 is 15.3 Å². The second-order valence-corrected chi connectivity index (χ2v) is 3.65. The van der Waals surface area contributed by atoms with Gasteiger partial charge in [-0.2, -0.15) is 13.4 Å². The minimum atomic E-state index is -4.63. The zero-order valence-corrected chi connectivity index (χ0v) is 7.47. The van der Waals surface area contributed by atoms with Gasteiger partial charge in [0.25, 0.3) is 5.16 Å². The first-order chi connectivity index (χ1) is 6.57. The van der Waals surface area contributed by atoms with Crippen molar-refractivity contribution >= 4 is 21.3 Å². The molecule has 0 saturated carbocycles. The summed E-state index contributed by atoms with van der Waals surface area (Å²) in [5, 5.41) is -0.787. The summed E-state index contributed by atoms with van der Waals surface area (Å²) in [5.74, 6) is 0. The van der Waals surface area contributed by atoms with Crippen LogP contribution in [0.15, 0.2) is 23.7 Å². The zero-order chi connectivity index (χ0) is 10.2. The average Bonchev–Trinajstić information content (AvgIpc) is 2.16. The van der Waals surface area contributed by atoms with Crippen molar-refractivity contribution in [2.24, 2.45) is 0 Å². The van der Waals surface area contributed by atoms with Crippen molar-refractivity contribution in [3.8, 4) is 0 Å². The first-order valence-corrected chi connectivity index (χ1v) is 4.88. The molecular weight excluding hydrogens is 208 g/mol. The van der Waals surface area contributed by atoms with Crippen LogP contribution in [0, 0.1) is 0 Å². The van der Waals surface area contributed by atoms with Crippen LogP contribution in [0.4, 0.5) is 0 Å². The molecule has 7 nitrogen and oxygen atoms in total. The van der Waals surface area contributed by atoms with Crippen LogP contribution in [0.2, 0.25) is 0 Å². The molecule has 71 valence electrons. The van der Waals surface area contributed by atoms with Gasteiger partial charge in [-0.3, -0.25) is 0 Å². The summed E-state index contributed by atoms with van der Waals surface area (Å²) >= 11 is 0. The van der Waals surface area contributed by atoms with Crippen LogP contribution in [0.1, 0.15) is 0 Å². The zero-order valence-electron chi connectivity index (χ0n) is 6.65. The molecule has 2 aromatic rings. The molecule has 14 heavy (non-hydrogen) atoms. The van der Waals surface area contributed by atoms with E-state index in [4.69, 9.17) is 0 Å². The number of hydrogen-bond donors (Lipinski definition) is 0. The lowest BCUT2D eigenvalue weighted by Crippen LogP contribution is -2.03. The summed E-state index contributed by atoms with van der Waals surface area (Å²) in [6.07, 6.45) is 3.90. The molecule has 0 atom stereocenters. The first kappa shape index (κ1) is 8.91. The Bertz CT molecular complexity index is 582. The predicted molar refractivity (Wildman–Crippen MR) is 43.0 cm³/mol. The highest BCUT2D eigenvalue weighted by atomic mass is 32.2.